The third-order valence-electron chi connectivity index (χ3n) is 4.41. The molecular weight excluding hydrogens is 296 g/mol. The minimum atomic E-state index is -0.536. The van der Waals surface area contributed by atoms with Gasteiger partial charge in [-0.05, 0) is 32.8 Å². The molecule has 23 heavy (non-hydrogen) atoms. The lowest BCUT2D eigenvalue weighted by Gasteiger charge is -2.31. The van der Waals surface area contributed by atoms with E-state index in [9.17, 15) is 9.59 Å². The lowest BCUT2D eigenvalue weighted by Crippen LogP contribution is -2.38. The summed E-state index contributed by atoms with van der Waals surface area (Å²) in [6, 6.07) is 1.70. The van der Waals surface area contributed by atoms with Gasteiger partial charge in [0.05, 0.1) is 11.3 Å². The quantitative estimate of drug-likeness (QED) is 0.777. The van der Waals surface area contributed by atoms with E-state index in [1.165, 1.54) is 0 Å². The molecule has 0 radical (unpaired) electrons. The molecule has 8 nitrogen and oxygen atoms in total. The number of hydrogen-bond donors (Lipinski definition) is 3. The number of rotatable bonds is 3. The van der Waals surface area contributed by atoms with Crippen molar-refractivity contribution in [1.29, 1.82) is 0 Å². The first-order valence-electron chi connectivity index (χ1n) is 7.63. The zero-order chi connectivity index (χ0) is 16.6. The summed E-state index contributed by atoms with van der Waals surface area (Å²) in [7, 11) is 0. The van der Waals surface area contributed by atoms with Gasteiger partial charge < -0.3 is 10.6 Å². The van der Waals surface area contributed by atoms with Crippen LogP contribution in [0.2, 0.25) is 0 Å². The van der Waals surface area contributed by atoms with Crippen LogP contribution in [-0.2, 0) is 0 Å². The Hall–Kier alpha value is -2.64. The zero-order valence-corrected chi connectivity index (χ0v) is 13.2. The van der Waals surface area contributed by atoms with Gasteiger partial charge in [0.1, 0.15) is 5.69 Å². The molecule has 2 amide bonds. The van der Waals surface area contributed by atoms with Crippen molar-refractivity contribution in [2.75, 3.05) is 13.1 Å². The summed E-state index contributed by atoms with van der Waals surface area (Å²) in [4.78, 5) is 25.6. The van der Waals surface area contributed by atoms with Crippen LogP contribution in [0.3, 0.4) is 0 Å². The van der Waals surface area contributed by atoms with Crippen molar-refractivity contribution in [1.82, 2.24) is 25.3 Å². The van der Waals surface area contributed by atoms with Gasteiger partial charge >= 0.3 is 0 Å². The Kier molecular flexibility index (Phi) is 3.89. The Morgan fingerprint density at radius 1 is 1.22 bits per heavy atom. The molecular formula is C15H20N6O2. The van der Waals surface area contributed by atoms with E-state index in [1.807, 2.05) is 18.7 Å². The average molecular weight is 316 g/mol. The zero-order valence-electron chi connectivity index (χ0n) is 13.2. The Morgan fingerprint density at radius 2 is 1.91 bits per heavy atom. The normalized spacial score (nSPS) is 15.8. The number of carbonyl (C=O) groups is 2. The number of H-pyrrole nitrogens is 2. The minimum absolute atomic E-state index is 0.0228. The molecule has 1 aliphatic heterocycles. The molecule has 4 N–H and O–H groups in total. The second-order valence-corrected chi connectivity index (χ2v) is 5.95. The first kappa shape index (κ1) is 15.3. The maximum Gasteiger partial charge on any atom is 0.269 e. The van der Waals surface area contributed by atoms with Gasteiger partial charge in [0.25, 0.3) is 11.8 Å². The molecule has 1 saturated heterocycles. The van der Waals surface area contributed by atoms with E-state index < -0.39 is 5.91 Å². The molecule has 0 saturated carbocycles. The fourth-order valence-corrected chi connectivity index (χ4v) is 3.09. The van der Waals surface area contributed by atoms with Crippen molar-refractivity contribution >= 4 is 11.8 Å². The van der Waals surface area contributed by atoms with Crippen molar-refractivity contribution in [3.8, 4) is 0 Å². The largest absolute Gasteiger partial charge is 0.364 e. The smallest absolute Gasteiger partial charge is 0.269 e. The van der Waals surface area contributed by atoms with Crippen LogP contribution in [0, 0.1) is 13.8 Å². The molecule has 3 rings (SSSR count). The summed E-state index contributed by atoms with van der Waals surface area (Å²) in [5, 5.41) is 13.7. The lowest BCUT2D eigenvalue weighted by molar-refractivity contribution is 0.0710. The van der Waals surface area contributed by atoms with Gasteiger partial charge in [0.15, 0.2) is 0 Å². The highest BCUT2D eigenvalue weighted by Crippen LogP contribution is 2.28. The van der Waals surface area contributed by atoms with E-state index in [2.05, 4.69) is 20.4 Å². The first-order valence-corrected chi connectivity index (χ1v) is 7.63. The van der Waals surface area contributed by atoms with Crippen LogP contribution in [-0.4, -0.2) is 50.2 Å². The van der Waals surface area contributed by atoms with Gasteiger partial charge in [-0.15, -0.1) is 0 Å². The Labute approximate surface area is 133 Å². The van der Waals surface area contributed by atoms with Crippen LogP contribution >= 0.6 is 0 Å². The number of likely N-dealkylation sites (tertiary alicyclic amines) is 1. The van der Waals surface area contributed by atoms with Crippen LogP contribution in [0.5, 0.6) is 0 Å². The number of hydrogen-bond acceptors (Lipinski definition) is 4. The molecule has 3 heterocycles. The average Bonchev–Trinajstić information content (AvgIpc) is 3.14. The molecule has 0 spiro atoms. The summed E-state index contributed by atoms with van der Waals surface area (Å²) in [6.07, 6.45) is 1.64. The van der Waals surface area contributed by atoms with Crippen LogP contribution in [0.25, 0.3) is 0 Å². The van der Waals surface area contributed by atoms with Gasteiger partial charge in [-0.2, -0.15) is 10.2 Å². The van der Waals surface area contributed by atoms with Crippen LogP contribution in [0.4, 0.5) is 0 Å². The molecule has 8 heteroatoms. The minimum Gasteiger partial charge on any atom is -0.364 e. The lowest BCUT2D eigenvalue weighted by atomic mass is 9.93. The molecule has 2 aromatic heterocycles. The number of primary amides is 1. The summed E-state index contributed by atoms with van der Waals surface area (Å²) in [5.74, 6) is -0.258. The molecule has 0 aromatic carbocycles. The molecule has 0 aliphatic carbocycles. The number of nitrogens with two attached hydrogens (primary N) is 1. The van der Waals surface area contributed by atoms with E-state index in [0.717, 1.165) is 29.9 Å². The van der Waals surface area contributed by atoms with Gasteiger partial charge in [-0.25, -0.2) is 0 Å². The molecule has 2 aromatic rings. The molecule has 0 unspecified atom stereocenters. The van der Waals surface area contributed by atoms with Crippen molar-refractivity contribution in [2.45, 2.75) is 32.6 Å². The van der Waals surface area contributed by atoms with Crippen molar-refractivity contribution in [3.63, 3.8) is 0 Å². The maximum absolute atomic E-state index is 12.6. The fourth-order valence-electron chi connectivity index (χ4n) is 3.09. The van der Waals surface area contributed by atoms with E-state index in [4.69, 9.17) is 5.73 Å². The van der Waals surface area contributed by atoms with Crippen LogP contribution < -0.4 is 5.73 Å². The number of nitrogens with zero attached hydrogens (tertiary/aromatic N) is 3. The highest BCUT2D eigenvalue weighted by atomic mass is 16.2. The number of amides is 2. The number of piperidine rings is 1. The molecule has 1 aliphatic rings. The topological polar surface area (TPSA) is 121 Å². The molecule has 122 valence electrons. The SMILES string of the molecule is Cc1n[nH]c(C)c1C(=O)N1CCC(c2cc(C(N)=O)n[nH]2)CC1. The van der Waals surface area contributed by atoms with Crippen molar-refractivity contribution < 1.29 is 9.59 Å². The summed E-state index contributed by atoms with van der Waals surface area (Å²) in [6.45, 7) is 5.02. The predicted molar refractivity (Wildman–Crippen MR) is 83.0 cm³/mol. The maximum atomic E-state index is 12.6. The monoisotopic (exact) mass is 316 g/mol. The molecule has 0 bridgehead atoms. The Morgan fingerprint density at radius 3 is 2.43 bits per heavy atom. The summed E-state index contributed by atoms with van der Waals surface area (Å²) >= 11 is 0. The first-order chi connectivity index (χ1) is 11.0. The molecule has 1 fully saturated rings. The van der Waals surface area contributed by atoms with Gasteiger partial charge in [-0.1, -0.05) is 0 Å². The van der Waals surface area contributed by atoms with E-state index in [0.29, 0.717) is 18.7 Å². The standard InChI is InChI=1S/C15H20N6O2/c1-8-13(9(2)18-17-8)15(23)21-5-3-10(4-6-21)11-7-12(14(16)22)20-19-11/h7,10H,3-6H2,1-2H3,(H2,16,22)(H,17,18)(H,19,20). The van der Waals surface area contributed by atoms with E-state index in [-0.39, 0.29) is 17.5 Å². The summed E-state index contributed by atoms with van der Waals surface area (Å²) in [5.41, 5.74) is 8.57. The number of aromatic amines is 2. The fraction of sp³-hybridized carbons (Fsp3) is 0.467. The van der Waals surface area contributed by atoms with Crippen LogP contribution in [0.1, 0.15) is 56.7 Å². The highest BCUT2D eigenvalue weighted by Gasteiger charge is 2.28. The Bertz CT molecular complexity index is 719. The number of aromatic nitrogens is 4. The van der Waals surface area contributed by atoms with Gasteiger partial charge in [0.2, 0.25) is 0 Å². The predicted octanol–water partition coefficient (Wildman–Crippen LogP) is 0.868. The van der Waals surface area contributed by atoms with Gasteiger partial charge in [0, 0.05) is 30.4 Å². The third-order valence-corrected chi connectivity index (χ3v) is 4.41. The van der Waals surface area contributed by atoms with E-state index >= 15 is 0 Å². The number of aryl methyl sites for hydroxylation is 2. The van der Waals surface area contributed by atoms with Crippen molar-refractivity contribution in [2.24, 2.45) is 5.73 Å². The number of nitrogens with one attached hydrogen (secondary N) is 2. The second kappa shape index (κ2) is 5.86. The van der Waals surface area contributed by atoms with Crippen LogP contribution in [0.15, 0.2) is 6.07 Å². The van der Waals surface area contributed by atoms with E-state index in [1.54, 1.807) is 6.07 Å². The summed E-state index contributed by atoms with van der Waals surface area (Å²) < 4.78 is 0. The highest BCUT2D eigenvalue weighted by molar-refractivity contribution is 5.96. The second-order valence-electron chi connectivity index (χ2n) is 5.95. The number of carbonyl (C=O) groups excluding carboxylic acids is 2. The Balaban J connectivity index is 1.66. The molecule has 0 atom stereocenters. The third kappa shape index (κ3) is 2.84. The van der Waals surface area contributed by atoms with Crippen molar-refractivity contribution in [3.05, 3.63) is 34.4 Å². The van der Waals surface area contributed by atoms with Gasteiger partial charge in [-0.3, -0.25) is 19.8 Å².